The lowest BCUT2D eigenvalue weighted by Gasteiger charge is -2.05. The van der Waals surface area contributed by atoms with E-state index < -0.39 is 0 Å². The molecular formula is C13H20ClNS. The lowest BCUT2D eigenvalue weighted by molar-refractivity contribution is 0.618. The minimum atomic E-state index is 0.341. The van der Waals surface area contributed by atoms with Crippen LogP contribution in [0.2, 0.25) is 5.02 Å². The molecule has 0 aromatic heterocycles. The summed E-state index contributed by atoms with van der Waals surface area (Å²) in [4.78, 5) is 0. The van der Waals surface area contributed by atoms with Crippen molar-refractivity contribution in [2.75, 3.05) is 5.75 Å². The fourth-order valence-electron chi connectivity index (χ4n) is 1.47. The molecule has 90 valence electrons. The summed E-state index contributed by atoms with van der Waals surface area (Å²) < 4.78 is 0. The molecule has 1 atom stereocenters. The Kier molecular flexibility index (Phi) is 6.93. The topological polar surface area (TPSA) is 26.0 Å². The van der Waals surface area contributed by atoms with Gasteiger partial charge in [-0.15, -0.1) is 0 Å². The molecule has 2 N–H and O–H groups in total. The van der Waals surface area contributed by atoms with Crippen LogP contribution in [0.5, 0.6) is 0 Å². The number of thioether (sulfide) groups is 1. The fourth-order valence-corrected chi connectivity index (χ4v) is 2.77. The standard InChI is InChI=1S/C13H20ClNS/c1-11(15)6-4-5-9-16-10-12-7-2-3-8-13(12)14/h2-3,7-8,11H,4-6,9-10,15H2,1H3. The molecule has 0 aliphatic rings. The average molecular weight is 258 g/mol. The Morgan fingerprint density at radius 3 is 2.75 bits per heavy atom. The molecule has 3 heteroatoms. The molecule has 0 spiro atoms. The first-order valence-electron chi connectivity index (χ1n) is 5.77. The Bertz CT molecular complexity index is 302. The number of halogens is 1. The van der Waals surface area contributed by atoms with Crippen molar-refractivity contribution < 1.29 is 0 Å². The van der Waals surface area contributed by atoms with Crippen LogP contribution < -0.4 is 5.73 Å². The molecule has 1 unspecified atom stereocenters. The second-order valence-corrected chi connectivity index (χ2v) is 5.63. The van der Waals surface area contributed by atoms with E-state index in [2.05, 4.69) is 13.0 Å². The first-order chi connectivity index (χ1) is 7.70. The third kappa shape index (κ3) is 5.78. The predicted octanol–water partition coefficient (Wildman–Crippen LogP) is 4.09. The molecular weight excluding hydrogens is 238 g/mol. The fraction of sp³-hybridized carbons (Fsp3) is 0.538. The van der Waals surface area contributed by atoms with Gasteiger partial charge in [0.2, 0.25) is 0 Å². The molecule has 0 radical (unpaired) electrons. The largest absolute Gasteiger partial charge is 0.328 e. The van der Waals surface area contributed by atoms with Crippen molar-refractivity contribution in [1.82, 2.24) is 0 Å². The number of hydrogen-bond acceptors (Lipinski definition) is 2. The maximum absolute atomic E-state index is 6.08. The molecule has 16 heavy (non-hydrogen) atoms. The van der Waals surface area contributed by atoms with Gasteiger partial charge in [0.25, 0.3) is 0 Å². The van der Waals surface area contributed by atoms with Crippen molar-refractivity contribution in [3.63, 3.8) is 0 Å². The monoisotopic (exact) mass is 257 g/mol. The van der Waals surface area contributed by atoms with Crippen molar-refractivity contribution in [3.05, 3.63) is 34.9 Å². The van der Waals surface area contributed by atoms with Crippen LogP contribution in [0.15, 0.2) is 24.3 Å². The zero-order valence-corrected chi connectivity index (χ0v) is 11.4. The molecule has 1 nitrogen and oxygen atoms in total. The molecule has 1 aromatic rings. The van der Waals surface area contributed by atoms with Crippen LogP contribution in [-0.2, 0) is 5.75 Å². The molecule has 0 heterocycles. The lowest BCUT2D eigenvalue weighted by atomic mass is 10.2. The minimum Gasteiger partial charge on any atom is -0.328 e. The Labute approximate surface area is 108 Å². The van der Waals surface area contributed by atoms with Gasteiger partial charge in [0, 0.05) is 16.8 Å². The van der Waals surface area contributed by atoms with Crippen molar-refractivity contribution in [2.24, 2.45) is 5.73 Å². The zero-order valence-electron chi connectivity index (χ0n) is 9.79. The predicted molar refractivity (Wildman–Crippen MR) is 75.1 cm³/mol. The molecule has 0 amide bonds. The second kappa shape index (κ2) is 7.99. The molecule has 1 aromatic carbocycles. The van der Waals surface area contributed by atoms with E-state index in [1.165, 1.54) is 24.2 Å². The first kappa shape index (κ1) is 13.9. The molecule has 0 bridgehead atoms. The van der Waals surface area contributed by atoms with Gasteiger partial charge in [-0.1, -0.05) is 36.2 Å². The van der Waals surface area contributed by atoms with Crippen LogP contribution in [0.25, 0.3) is 0 Å². The molecule has 0 saturated heterocycles. The van der Waals surface area contributed by atoms with Crippen LogP contribution in [0.3, 0.4) is 0 Å². The minimum absolute atomic E-state index is 0.341. The highest BCUT2D eigenvalue weighted by molar-refractivity contribution is 7.98. The van der Waals surface area contributed by atoms with Gasteiger partial charge in [0.05, 0.1) is 0 Å². The Hall–Kier alpha value is -0.180. The number of rotatable bonds is 7. The van der Waals surface area contributed by atoms with Gasteiger partial charge in [0.15, 0.2) is 0 Å². The molecule has 0 aliphatic carbocycles. The summed E-state index contributed by atoms with van der Waals surface area (Å²) in [6.45, 7) is 2.07. The zero-order chi connectivity index (χ0) is 11.8. The highest BCUT2D eigenvalue weighted by Gasteiger charge is 1.99. The molecule has 0 saturated carbocycles. The van der Waals surface area contributed by atoms with Crippen molar-refractivity contribution in [3.8, 4) is 0 Å². The summed E-state index contributed by atoms with van der Waals surface area (Å²) in [6.07, 6.45) is 3.61. The Morgan fingerprint density at radius 1 is 1.31 bits per heavy atom. The lowest BCUT2D eigenvalue weighted by Crippen LogP contribution is -2.14. The van der Waals surface area contributed by atoms with E-state index in [4.69, 9.17) is 17.3 Å². The van der Waals surface area contributed by atoms with Gasteiger partial charge in [0.1, 0.15) is 0 Å². The van der Waals surface area contributed by atoms with Crippen LogP contribution in [0.1, 0.15) is 31.7 Å². The van der Waals surface area contributed by atoms with E-state index in [1.54, 1.807) is 0 Å². The summed E-state index contributed by atoms with van der Waals surface area (Å²) in [5.74, 6) is 2.20. The van der Waals surface area contributed by atoms with Crippen LogP contribution in [0, 0.1) is 0 Å². The normalized spacial score (nSPS) is 12.7. The highest BCUT2D eigenvalue weighted by atomic mass is 35.5. The number of benzene rings is 1. The van der Waals surface area contributed by atoms with E-state index >= 15 is 0 Å². The van der Waals surface area contributed by atoms with E-state index in [1.807, 2.05) is 30.0 Å². The summed E-state index contributed by atoms with van der Waals surface area (Å²) in [7, 11) is 0. The van der Waals surface area contributed by atoms with Gasteiger partial charge in [-0.3, -0.25) is 0 Å². The number of nitrogens with two attached hydrogens (primary N) is 1. The number of hydrogen-bond donors (Lipinski definition) is 1. The Morgan fingerprint density at radius 2 is 2.06 bits per heavy atom. The SMILES string of the molecule is CC(N)CCCCSCc1ccccc1Cl. The van der Waals surface area contributed by atoms with Crippen molar-refractivity contribution in [2.45, 2.75) is 38.0 Å². The summed E-state index contributed by atoms with van der Waals surface area (Å²) in [5.41, 5.74) is 6.93. The third-order valence-corrected chi connectivity index (χ3v) is 3.87. The molecule has 0 aliphatic heterocycles. The van der Waals surface area contributed by atoms with Crippen LogP contribution in [-0.4, -0.2) is 11.8 Å². The summed E-state index contributed by atoms with van der Waals surface area (Å²) >= 11 is 8.02. The highest BCUT2D eigenvalue weighted by Crippen LogP contribution is 2.21. The van der Waals surface area contributed by atoms with E-state index in [0.717, 1.165) is 17.2 Å². The quantitative estimate of drug-likeness (QED) is 0.745. The van der Waals surface area contributed by atoms with Crippen molar-refractivity contribution in [1.29, 1.82) is 0 Å². The smallest absolute Gasteiger partial charge is 0.0446 e. The van der Waals surface area contributed by atoms with Crippen LogP contribution in [0.4, 0.5) is 0 Å². The molecule has 0 fully saturated rings. The van der Waals surface area contributed by atoms with Crippen LogP contribution >= 0.6 is 23.4 Å². The Balaban J connectivity index is 2.10. The van der Waals surface area contributed by atoms with Gasteiger partial charge >= 0.3 is 0 Å². The van der Waals surface area contributed by atoms with E-state index in [9.17, 15) is 0 Å². The van der Waals surface area contributed by atoms with Gasteiger partial charge in [-0.2, -0.15) is 11.8 Å². The van der Waals surface area contributed by atoms with Gasteiger partial charge < -0.3 is 5.73 Å². The van der Waals surface area contributed by atoms with Gasteiger partial charge in [-0.25, -0.2) is 0 Å². The summed E-state index contributed by atoms with van der Waals surface area (Å²) in [6, 6.07) is 8.40. The third-order valence-electron chi connectivity index (χ3n) is 2.41. The first-order valence-corrected chi connectivity index (χ1v) is 7.30. The number of unbranched alkanes of at least 4 members (excludes halogenated alkanes) is 1. The molecule has 1 rings (SSSR count). The maximum Gasteiger partial charge on any atom is 0.0446 e. The second-order valence-electron chi connectivity index (χ2n) is 4.12. The van der Waals surface area contributed by atoms with Gasteiger partial charge in [-0.05, 0) is 37.1 Å². The van der Waals surface area contributed by atoms with E-state index in [-0.39, 0.29) is 0 Å². The summed E-state index contributed by atoms with van der Waals surface area (Å²) in [5, 5.41) is 0.880. The average Bonchev–Trinajstić information content (AvgIpc) is 2.25. The van der Waals surface area contributed by atoms with Crippen molar-refractivity contribution >= 4 is 23.4 Å². The van der Waals surface area contributed by atoms with E-state index in [0.29, 0.717) is 6.04 Å². The maximum atomic E-state index is 6.08.